The number of aromatic nitrogens is 1. The predicted octanol–water partition coefficient (Wildman–Crippen LogP) is 3.47. The number of hydrogen-bond acceptors (Lipinski definition) is 4. The van der Waals surface area contributed by atoms with E-state index in [0.717, 1.165) is 58.5 Å². The molecule has 1 aliphatic rings. The molecule has 27 heavy (non-hydrogen) atoms. The molecule has 1 aliphatic heterocycles. The molecule has 0 bridgehead atoms. The van der Waals surface area contributed by atoms with Crippen LogP contribution in [0, 0.1) is 0 Å². The standard InChI is InChI=1S/C21H22N2O4/c22-8-2-1-3-15-16-9-13(10-20(24)25)4-6-17(16)23-21(15)14-5-7-18-19(11-14)27-12-26-18/h4-7,9,11,23H,1-3,8,10,12,22H2,(H,24,25). The molecule has 1 aromatic heterocycles. The summed E-state index contributed by atoms with van der Waals surface area (Å²) in [6, 6.07) is 11.7. The second-order valence-electron chi connectivity index (χ2n) is 6.74. The number of benzene rings is 2. The summed E-state index contributed by atoms with van der Waals surface area (Å²) >= 11 is 0. The molecule has 6 nitrogen and oxygen atoms in total. The van der Waals surface area contributed by atoms with Crippen LogP contribution in [-0.4, -0.2) is 29.4 Å². The van der Waals surface area contributed by atoms with Gasteiger partial charge in [-0.15, -0.1) is 0 Å². The molecule has 0 saturated carbocycles. The number of nitrogens with one attached hydrogen (secondary N) is 1. The van der Waals surface area contributed by atoms with Gasteiger partial charge in [-0.25, -0.2) is 0 Å². The van der Waals surface area contributed by atoms with Crippen molar-refractivity contribution in [2.75, 3.05) is 13.3 Å². The summed E-state index contributed by atoms with van der Waals surface area (Å²) in [5.74, 6) is 0.666. The normalized spacial score (nSPS) is 12.6. The first-order valence-corrected chi connectivity index (χ1v) is 9.11. The molecule has 0 atom stereocenters. The van der Waals surface area contributed by atoms with E-state index in [1.165, 1.54) is 5.56 Å². The van der Waals surface area contributed by atoms with Crippen LogP contribution in [0.1, 0.15) is 24.0 Å². The van der Waals surface area contributed by atoms with E-state index in [4.69, 9.17) is 20.3 Å². The number of carboxylic acid groups (broad SMARTS) is 1. The fourth-order valence-corrected chi connectivity index (χ4v) is 3.58. The average molecular weight is 366 g/mol. The quantitative estimate of drug-likeness (QED) is 0.556. The number of unbranched alkanes of at least 4 members (excludes halogenated alkanes) is 1. The van der Waals surface area contributed by atoms with Gasteiger partial charge in [0.25, 0.3) is 0 Å². The Kier molecular flexibility index (Phi) is 4.73. The lowest BCUT2D eigenvalue weighted by atomic mass is 9.98. The minimum Gasteiger partial charge on any atom is -0.481 e. The molecule has 0 amide bonds. The largest absolute Gasteiger partial charge is 0.481 e. The van der Waals surface area contributed by atoms with Crippen LogP contribution in [0.5, 0.6) is 11.5 Å². The van der Waals surface area contributed by atoms with Gasteiger partial charge in [0.2, 0.25) is 6.79 Å². The SMILES string of the molecule is NCCCCc1c(-c2ccc3c(c2)OCO3)[nH]c2ccc(CC(=O)O)cc12. The highest BCUT2D eigenvalue weighted by Gasteiger charge is 2.18. The van der Waals surface area contributed by atoms with Crippen molar-refractivity contribution in [2.45, 2.75) is 25.7 Å². The summed E-state index contributed by atoms with van der Waals surface area (Å²) in [6.45, 7) is 0.902. The number of aromatic amines is 1. The Morgan fingerprint density at radius 3 is 2.78 bits per heavy atom. The Hall–Kier alpha value is -2.99. The van der Waals surface area contributed by atoms with E-state index in [0.29, 0.717) is 6.54 Å². The van der Waals surface area contributed by atoms with Crippen LogP contribution in [-0.2, 0) is 17.6 Å². The zero-order valence-corrected chi connectivity index (χ0v) is 15.0. The van der Waals surface area contributed by atoms with Crippen molar-refractivity contribution in [2.24, 2.45) is 5.73 Å². The molecule has 0 unspecified atom stereocenters. The van der Waals surface area contributed by atoms with Crippen LogP contribution < -0.4 is 15.2 Å². The minimum atomic E-state index is -0.828. The minimum absolute atomic E-state index is 0.0166. The van der Waals surface area contributed by atoms with Crippen LogP contribution >= 0.6 is 0 Å². The maximum absolute atomic E-state index is 11.1. The smallest absolute Gasteiger partial charge is 0.307 e. The monoisotopic (exact) mass is 366 g/mol. The number of ether oxygens (including phenoxy) is 2. The highest BCUT2D eigenvalue weighted by atomic mass is 16.7. The summed E-state index contributed by atoms with van der Waals surface area (Å²) < 4.78 is 10.9. The second-order valence-corrected chi connectivity index (χ2v) is 6.74. The molecule has 2 heterocycles. The Labute approximate surface area is 156 Å². The lowest BCUT2D eigenvalue weighted by Crippen LogP contribution is -2.00. The average Bonchev–Trinajstić information content (AvgIpc) is 3.25. The van der Waals surface area contributed by atoms with Crippen molar-refractivity contribution in [1.29, 1.82) is 0 Å². The van der Waals surface area contributed by atoms with Crippen molar-refractivity contribution in [1.82, 2.24) is 4.98 Å². The Morgan fingerprint density at radius 1 is 1.11 bits per heavy atom. The van der Waals surface area contributed by atoms with Gasteiger partial charge in [-0.2, -0.15) is 0 Å². The number of H-pyrrole nitrogens is 1. The van der Waals surface area contributed by atoms with E-state index < -0.39 is 5.97 Å². The molecule has 0 radical (unpaired) electrons. The lowest BCUT2D eigenvalue weighted by Gasteiger charge is -2.07. The summed E-state index contributed by atoms with van der Waals surface area (Å²) in [5, 5.41) is 10.2. The number of aryl methyl sites for hydroxylation is 1. The first-order chi connectivity index (χ1) is 13.2. The zero-order chi connectivity index (χ0) is 18.8. The number of rotatable bonds is 7. The van der Waals surface area contributed by atoms with Gasteiger partial charge < -0.3 is 25.3 Å². The molecular weight excluding hydrogens is 344 g/mol. The number of fused-ring (bicyclic) bond motifs is 2. The van der Waals surface area contributed by atoms with Gasteiger partial charge in [0, 0.05) is 22.2 Å². The first-order valence-electron chi connectivity index (χ1n) is 9.11. The molecule has 0 aliphatic carbocycles. The molecule has 4 rings (SSSR count). The molecule has 6 heteroatoms. The van der Waals surface area contributed by atoms with Crippen LogP contribution in [0.15, 0.2) is 36.4 Å². The van der Waals surface area contributed by atoms with Crippen molar-refractivity contribution in [3.63, 3.8) is 0 Å². The van der Waals surface area contributed by atoms with E-state index in [-0.39, 0.29) is 13.2 Å². The fourth-order valence-electron chi connectivity index (χ4n) is 3.58. The summed E-state index contributed by atoms with van der Waals surface area (Å²) in [4.78, 5) is 14.6. The predicted molar refractivity (Wildman–Crippen MR) is 103 cm³/mol. The third-order valence-corrected chi connectivity index (χ3v) is 4.87. The molecule has 140 valence electrons. The van der Waals surface area contributed by atoms with E-state index in [2.05, 4.69) is 4.98 Å². The molecule has 0 fully saturated rings. The van der Waals surface area contributed by atoms with Crippen molar-refractivity contribution >= 4 is 16.9 Å². The molecule has 3 aromatic rings. The molecule has 4 N–H and O–H groups in total. The molecular formula is C21H22N2O4. The highest BCUT2D eigenvalue weighted by molar-refractivity contribution is 5.92. The number of carbonyl (C=O) groups is 1. The lowest BCUT2D eigenvalue weighted by molar-refractivity contribution is -0.136. The van der Waals surface area contributed by atoms with Gasteiger partial charge in [0.05, 0.1) is 6.42 Å². The maximum Gasteiger partial charge on any atom is 0.307 e. The third-order valence-electron chi connectivity index (χ3n) is 4.87. The Morgan fingerprint density at radius 2 is 1.96 bits per heavy atom. The summed E-state index contributed by atoms with van der Waals surface area (Å²) in [6.07, 6.45) is 2.81. The number of carboxylic acids is 1. The van der Waals surface area contributed by atoms with E-state index in [9.17, 15) is 4.79 Å². The first kappa shape index (κ1) is 17.4. The van der Waals surface area contributed by atoms with Gasteiger partial charge >= 0.3 is 5.97 Å². The topological polar surface area (TPSA) is 97.6 Å². The Bertz CT molecular complexity index is 993. The van der Waals surface area contributed by atoms with Crippen molar-refractivity contribution in [3.05, 3.63) is 47.5 Å². The van der Waals surface area contributed by atoms with Gasteiger partial charge in [-0.05, 0) is 67.3 Å². The number of aliphatic carboxylic acids is 1. The highest BCUT2D eigenvalue weighted by Crippen LogP contribution is 2.38. The fraction of sp³-hybridized carbons (Fsp3) is 0.286. The van der Waals surface area contributed by atoms with Crippen LogP contribution in [0.25, 0.3) is 22.2 Å². The van der Waals surface area contributed by atoms with Gasteiger partial charge in [0.15, 0.2) is 11.5 Å². The Balaban J connectivity index is 1.80. The van der Waals surface area contributed by atoms with Gasteiger partial charge in [-0.1, -0.05) is 6.07 Å². The van der Waals surface area contributed by atoms with E-state index in [1.807, 2.05) is 36.4 Å². The van der Waals surface area contributed by atoms with Crippen molar-refractivity contribution < 1.29 is 19.4 Å². The third kappa shape index (κ3) is 3.48. The zero-order valence-electron chi connectivity index (χ0n) is 15.0. The van der Waals surface area contributed by atoms with Gasteiger partial charge in [0.1, 0.15) is 0 Å². The van der Waals surface area contributed by atoms with Crippen molar-refractivity contribution in [3.8, 4) is 22.8 Å². The number of hydrogen-bond donors (Lipinski definition) is 3. The van der Waals surface area contributed by atoms with E-state index in [1.54, 1.807) is 0 Å². The molecule has 2 aromatic carbocycles. The summed E-state index contributed by atoms with van der Waals surface area (Å²) in [5.41, 5.74) is 10.7. The number of nitrogens with two attached hydrogens (primary N) is 1. The van der Waals surface area contributed by atoms with Crippen LogP contribution in [0.4, 0.5) is 0 Å². The van der Waals surface area contributed by atoms with Gasteiger partial charge in [-0.3, -0.25) is 4.79 Å². The summed E-state index contributed by atoms with van der Waals surface area (Å²) in [7, 11) is 0. The van der Waals surface area contributed by atoms with Crippen LogP contribution in [0.2, 0.25) is 0 Å². The van der Waals surface area contributed by atoms with Crippen LogP contribution in [0.3, 0.4) is 0 Å². The molecule has 0 saturated heterocycles. The maximum atomic E-state index is 11.1. The van der Waals surface area contributed by atoms with E-state index >= 15 is 0 Å². The second kappa shape index (κ2) is 7.32. The molecule has 0 spiro atoms.